The maximum atomic E-state index is 12.2. The van der Waals surface area contributed by atoms with Crippen LogP contribution in [-0.2, 0) is 14.2 Å². The van der Waals surface area contributed by atoms with Crippen molar-refractivity contribution < 1.29 is 29.3 Å². The molecule has 0 aromatic carbocycles. The van der Waals surface area contributed by atoms with Crippen molar-refractivity contribution in [1.82, 2.24) is 10.4 Å². The van der Waals surface area contributed by atoms with Crippen molar-refractivity contribution in [2.45, 2.75) is 70.6 Å². The summed E-state index contributed by atoms with van der Waals surface area (Å²) in [6.07, 6.45) is 0.0715. The second kappa shape index (κ2) is 6.27. The molecule has 1 amide bonds. The third-order valence-corrected chi connectivity index (χ3v) is 4.35. The SMILES string of the molecule is CC1(C)OCC(O)C(NC(=O)OC2=CC(C)(C)N(O)C2(C)C)CO1. The highest BCUT2D eigenvalue weighted by atomic mass is 16.7. The van der Waals surface area contributed by atoms with E-state index in [1.54, 1.807) is 33.8 Å². The highest BCUT2D eigenvalue weighted by molar-refractivity contribution is 5.69. The van der Waals surface area contributed by atoms with Crippen molar-refractivity contribution >= 4 is 6.09 Å². The van der Waals surface area contributed by atoms with E-state index < -0.39 is 35.1 Å². The van der Waals surface area contributed by atoms with E-state index in [1.807, 2.05) is 13.8 Å². The number of hydrogen-bond donors (Lipinski definition) is 3. The van der Waals surface area contributed by atoms with E-state index in [2.05, 4.69) is 5.32 Å². The molecule has 0 bridgehead atoms. The van der Waals surface area contributed by atoms with Gasteiger partial charge in [0.1, 0.15) is 5.76 Å². The molecule has 24 heavy (non-hydrogen) atoms. The van der Waals surface area contributed by atoms with Crippen molar-refractivity contribution in [3.8, 4) is 0 Å². The fourth-order valence-electron chi connectivity index (χ4n) is 2.80. The molecule has 2 atom stereocenters. The topological polar surface area (TPSA) is 100 Å². The van der Waals surface area contributed by atoms with Crippen molar-refractivity contribution in [2.24, 2.45) is 0 Å². The van der Waals surface area contributed by atoms with Crippen molar-refractivity contribution in [2.75, 3.05) is 13.2 Å². The summed E-state index contributed by atoms with van der Waals surface area (Å²) in [5, 5.41) is 24.0. The van der Waals surface area contributed by atoms with Gasteiger partial charge in [-0.2, -0.15) is 5.06 Å². The monoisotopic (exact) mass is 344 g/mol. The second-order valence-electron chi connectivity index (χ2n) is 7.76. The molecule has 2 unspecified atom stereocenters. The highest BCUT2D eigenvalue weighted by Gasteiger charge is 2.47. The zero-order valence-corrected chi connectivity index (χ0v) is 15.1. The Bertz CT molecular complexity index is 529. The van der Waals surface area contributed by atoms with Gasteiger partial charge in [-0.3, -0.25) is 0 Å². The Kier molecular flexibility index (Phi) is 5.00. The average molecular weight is 344 g/mol. The zero-order valence-electron chi connectivity index (χ0n) is 15.1. The van der Waals surface area contributed by atoms with Crippen LogP contribution in [0.5, 0.6) is 0 Å². The van der Waals surface area contributed by atoms with Crippen LogP contribution < -0.4 is 5.32 Å². The molecule has 2 aliphatic heterocycles. The smallest absolute Gasteiger partial charge is 0.412 e. The molecule has 8 nitrogen and oxygen atoms in total. The van der Waals surface area contributed by atoms with Crippen molar-refractivity contribution in [3.63, 3.8) is 0 Å². The number of aliphatic hydroxyl groups is 1. The average Bonchev–Trinajstić information content (AvgIpc) is 2.55. The molecule has 2 rings (SSSR count). The van der Waals surface area contributed by atoms with Gasteiger partial charge in [0.25, 0.3) is 0 Å². The molecule has 1 saturated heterocycles. The molecule has 2 heterocycles. The van der Waals surface area contributed by atoms with Crippen LogP contribution >= 0.6 is 0 Å². The summed E-state index contributed by atoms with van der Waals surface area (Å²) in [7, 11) is 0. The lowest BCUT2D eigenvalue weighted by molar-refractivity contribution is -0.203. The van der Waals surface area contributed by atoms with Gasteiger partial charge in [0.15, 0.2) is 5.79 Å². The number of hydrogen-bond acceptors (Lipinski definition) is 7. The Morgan fingerprint density at radius 1 is 1.25 bits per heavy atom. The molecule has 0 aliphatic carbocycles. The minimum atomic E-state index is -0.907. The number of carbonyl (C=O) groups excluding carboxylic acids is 1. The molecular weight excluding hydrogens is 316 g/mol. The van der Waals surface area contributed by atoms with Crippen LogP contribution in [0.4, 0.5) is 4.79 Å². The molecule has 0 radical (unpaired) electrons. The normalized spacial score (nSPS) is 31.9. The van der Waals surface area contributed by atoms with E-state index in [-0.39, 0.29) is 13.2 Å². The van der Waals surface area contributed by atoms with Crippen LogP contribution in [0.25, 0.3) is 0 Å². The van der Waals surface area contributed by atoms with Gasteiger partial charge in [-0.1, -0.05) is 0 Å². The van der Waals surface area contributed by atoms with E-state index in [1.165, 1.54) is 0 Å². The van der Waals surface area contributed by atoms with Crippen LogP contribution in [-0.4, -0.2) is 63.7 Å². The van der Waals surface area contributed by atoms with Crippen molar-refractivity contribution in [1.29, 1.82) is 0 Å². The van der Waals surface area contributed by atoms with Gasteiger partial charge in [-0.05, 0) is 47.6 Å². The van der Waals surface area contributed by atoms with E-state index in [4.69, 9.17) is 14.2 Å². The Labute approximate surface area is 142 Å². The number of ether oxygens (including phenoxy) is 3. The van der Waals surface area contributed by atoms with Crippen LogP contribution in [0.2, 0.25) is 0 Å². The number of hydroxylamine groups is 2. The molecule has 0 spiro atoms. The summed E-state index contributed by atoms with van der Waals surface area (Å²) < 4.78 is 16.3. The van der Waals surface area contributed by atoms with Crippen LogP contribution in [0, 0.1) is 0 Å². The minimum absolute atomic E-state index is 0.0452. The molecule has 1 fully saturated rings. The quantitative estimate of drug-likeness (QED) is 0.695. The summed E-state index contributed by atoms with van der Waals surface area (Å²) in [6, 6.07) is -0.650. The lowest BCUT2D eigenvalue weighted by atomic mass is 10.1. The first-order valence-electron chi connectivity index (χ1n) is 8.02. The molecule has 0 aromatic heterocycles. The van der Waals surface area contributed by atoms with Crippen molar-refractivity contribution in [3.05, 3.63) is 11.8 Å². The third kappa shape index (κ3) is 3.89. The van der Waals surface area contributed by atoms with Crippen LogP contribution in [0.3, 0.4) is 0 Å². The molecule has 3 N–H and O–H groups in total. The van der Waals surface area contributed by atoms with E-state index in [0.717, 1.165) is 5.06 Å². The van der Waals surface area contributed by atoms with E-state index in [0.29, 0.717) is 5.76 Å². The van der Waals surface area contributed by atoms with Gasteiger partial charge >= 0.3 is 6.09 Å². The van der Waals surface area contributed by atoms with Gasteiger partial charge in [-0.15, -0.1) is 0 Å². The maximum absolute atomic E-state index is 12.2. The first kappa shape index (κ1) is 19.1. The standard InChI is InChI=1S/C16H28N2O6/c1-14(2)7-12(15(3,4)18(14)21)24-13(20)17-10-8-22-16(5,6)23-9-11(10)19/h7,10-11,19,21H,8-9H2,1-6H3,(H,17,20). The number of aliphatic hydroxyl groups excluding tert-OH is 1. The summed E-state index contributed by atoms with van der Waals surface area (Å²) in [5.41, 5.74) is -1.49. The van der Waals surface area contributed by atoms with Gasteiger partial charge in [0, 0.05) is 0 Å². The Hall–Kier alpha value is -1.19. The second-order valence-corrected chi connectivity index (χ2v) is 7.76. The minimum Gasteiger partial charge on any atom is -0.413 e. The number of carbonyl (C=O) groups is 1. The van der Waals surface area contributed by atoms with Gasteiger partial charge in [-0.25, -0.2) is 4.79 Å². The maximum Gasteiger partial charge on any atom is 0.412 e. The fraction of sp³-hybridized carbons (Fsp3) is 0.812. The molecule has 0 aromatic rings. The van der Waals surface area contributed by atoms with Crippen LogP contribution in [0.1, 0.15) is 41.5 Å². The molecule has 2 aliphatic rings. The Morgan fingerprint density at radius 2 is 1.83 bits per heavy atom. The summed E-state index contributed by atoms with van der Waals surface area (Å²) in [4.78, 5) is 12.2. The largest absolute Gasteiger partial charge is 0.413 e. The number of alkyl carbamates (subject to hydrolysis) is 1. The number of nitrogens with zero attached hydrogens (tertiary/aromatic N) is 1. The molecule has 138 valence electrons. The summed E-state index contributed by atoms with van der Waals surface area (Å²) in [5.74, 6) is -0.480. The highest BCUT2D eigenvalue weighted by Crippen LogP contribution is 2.38. The van der Waals surface area contributed by atoms with Gasteiger partial charge < -0.3 is 29.8 Å². The molecule has 0 saturated carbocycles. The Morgan fingerprint density at radius 3 is 2.38 bits per heavy atom. The predicted octanol–water partition coefficient (Wildman–Crippen LogP) is 1.37. The zero-order chi connectivity index (χ0) is 18.3. The summed E-state index contributed by atoms with van der Waals surface area (Å²) >= 11 is 0. The number of nitrogens with one attached hydrogen (secondary N) is 1. The van der Waals surface area contributed by atoms with Gasteiger partial charge in [0.2, 0.25) is 0 Å². The lowest BCUT2D eigenvalue weighted by Crippen LogP contribution is -2.50. The lowest BCUT2D eigenvalue weighted by Gasteiger charge is -2.35. The number of rotatable bonds is 2. The first-order valence-corrected chi connectivity index (χ1v) is 8.02. The van der Waals surface area contributed by atoms with Crippen LogP contribution in [0.15, 0.2) is 11.8 Å². The molecular formula is C16H28N2O6. The van der Waals surface area contributed by atoms with E-state index >= 15 is 0 Å². The number of amides is 1. The fourth-order valence-corrected chi connectivity index (χ4v) is 2.80. The van der Waals surface area contributed by atoms with E-state index in [9.17, 15) is 15.1 Å². The first-order chi connectivity index (χ1) is 10.8. The Balaban J connectivity index is 2.01. The predicted molar refractivity (Wildman–Crippen MR) is 85.3 cm³/mol. The third-order valence-electron chi connectivity index (χ3n) is 4.35. The summed E-state index contributed by atoms with van der Waals surface area (Å²) in [6.45, 7) is 10.7. The molecule has 8 heteroatoms. The van der Waals surface area contributed by atoms with Gasteiger partial charge in [0.05, 0.1) is 36.4 Å².